The zero-order chi connectivity index (χ0) is 23.7. The van der Waals surface area contributed by atoms with Crippen molar-refractivity contribution in [1.29, 1.82) is 0 Å². The Kier molecular flexibility index (Phi) is 5.08. The van der Waals surface area contributed by atoms with Gasteiger partial charge < -0.3 is 0 Å². The van der Waals surface area contributed by atoms with E-state index < -0.39 is 8.07 Å². The summed E-state index contributed by atoms with van der Waals surface area (Å²) in [6.45, 7) is 18.6. The second-order valence-corrected chi connectivity index (χ2v) is 17.7. The molecule has 3 heteroatoms. The molecule has 5 rings (SSSR count). The van der Waals surface area contributed by atoms with Gasteiger partial charge in [0, 0.05) is 27.2 Å². The van der Waals surface area contributed by atoms with E-state index in [2.05, 4.69) is 103 Å². The summed E-state index contributed by atoms with van der Waals surface area (Å²) in [5, 5.41) is 6.85. The van der Waals surface area contributed by atoms with E-state index in [4.69, 9.17) is 4.98 Å². The molecule has 0 aliphatic carbocycles. The molecular formula is C30H33NSSi. The van der Waals surface area contributed by atoms with Crippen LogP contribution in [0.4, 0.5) is 0 Å². The van der Waals surface area contributed by atoms with E-state index in [1.165, 1.54) is 58.4 Å². The van der Waals surface area contributed by atoms with Gasteiger partial charge >= 0.3 is 0 Å². The van der Waals surface area contributed by atoms with Gasteiger partial charge in [-0.25, -0.2) is 0 Å². The molecule has 2 heterocycles. The number of hydrogen-bond acceptors (Lipinski definition) is 2. The average Bonchev–Trinajstić information content (AvgIpc) is 3.10. The van der Waals surface area contributed by atoms with Gasteiger partial charge in [-0.3, -0.25) is 4.98 Å². The van der Waals surface area contributed by atoms with Crippen LogP contribution in [-0.2, 0) is 5.41 Å². The molecule has 0 spiro atoms. The molecule has 33 heavy (non-hydrogen) atoms. The van der Waals surface area contributed by atoms with Crippen LogP contribution in [0.2, 0.25) is 19.6 Å². The molecule has 0 radical (unpaired) electrons. The standard InChI is InChI=1S/C30H33NSSi/c1-18-13-20-15-21(16-26(30(3,4)5)25(20)14-19(18)2)28-29-24(11-12-31-28)23-10-9-22(33(6,7)8)17-27(23)32-29/h9-17H,1-8H3. The van der Waals surface area contributed by atoms with Gasteiger partial charge in [0.1, 0.15) is 0 Å². The maximum absolute atomic E-state index is 4.93. The number of fused-ring (bicyclic) bond motifs is 4. The van der Waals surface area contributed by atoms with Crippen molar-refractivity contribution < 1.29 is 0 Å². The Labute approximate surface area is 202 Å². The van der Waals surface area contributed by atoms with Crippen molar-refractivity contribution in [3.63, 3.8) is 0 Å². The van der Waals surface area contributed by atoms with Crippen molar-refractivity contribution in [2.75, 3.05) is 0 Å². The number of aryl methyl sites for hydroxylation is 2. The van der Waals surface area contributed by atoms with Crippen LogP contribution in [0.3, 0.4) is 0 Å². The molecule has 0 N–H and O–H groups in total. The summed E-state index contributed by atoms with van der Waals surface area (Å²) in [7, 11) is -1.36. The molecule has 168 valence electrons. The van der Waals surface area contributed by atoms with Gasteiger partial charge in [0.15, 0.2) is 0 Å². The first kappa shape index (κ1) is 22.3. The Bertz CT molecular complexity index is 1540. The molecule has 0 atom stereocenters. The van der Waals surface area contributed by atoms with E-state index in [0.717, 1.165) is 5.69 Å². The van der Waals surface area contributed by atoms with Gasteiger partial charge in [-0.15, -0.1) is 11.3 Å². The van der Waals surface area contributed by atoms with E-state index in [0.29, 0.717) is 0 Å². The van der Waals surface area contributed by atoms with Gasteiger partial charge in [-0.1, -0.05) is 69.9 Å². The van der Waals surface area contributed by atoms with Gasteiger partial charge in [-0.05, 0) is 71.0 Å². The Morgan fingerprint density at radius 2 is 1.52 bits per heavy atom. The molecule has 0 amide bonds. The van der Waals surface area contributed by atoms with Gasteiger partial charge in [0.2, 0.25) is 0 Å². The lowest BCUT2D eigenvalue weighted by atomic mass is 9.81. The minimum atomic E-state index is -1.36. The lowest BCUT2D eigenvalue weighted by Crippen LogP contribution is -2.37. The number of hydrogen-bond donors (Lipinski definition) is 0. The Balaban J connectivity index is 1.81. The van der Waals surface area contributed by atoms with Crippen LogP contribution in [0.15, 0.2) is 54.7 Å². The smallest absolute Gasteiger partial charge is 0.0880 e. The summed E-state index contributed by atoms with van der Waals surface area (Å²) in [6, 6.07) is 18.7. The third kappa shape index (κ3) is 3.81. The fraction of sp³-hybridized carbons (Fsp3) is 0.300. The summed E-state index contributed by atoms with van der Waals surface area (Å²) in [4.78, 5) is 4.93. The van der Waals surface area contributed by atoms with Crippen molar-refractivity contribution in [2.45, 2.75) is 59.7 Å². The minimum absolute atomic E-state index is 0.0518. The molecule has 0 aliphatic rings. The molecule has 0 saturated carbocycles. The highest BCUT2D eigenvalue weighted by Gasteiger charge is 2.22. The lowest BCUT2D eigenvalue weighted by molar-refractivity contribution is 0.596. The van der Waals surface area contributed by atoms with Crippen molar-refractivity contribution in [3.05, 3.63) is 71.4 Å². The lowest BCUT2D eigenvalue weighted by Gasteiger charge is -2.23. The molecule has 0 saturated heterocycles. The predicted octanol–water partition coefficient (Wildman–Crippen LogP) is 8.73. The van der Waals surface area contributed by atoms with Crippen molar-refractivity contribution >= 4 is 55.5 Å². The topological polar surface area (TPSA) is 12.9 Å². The molecule has 5 aromatic rings. The van der Waals surface area contributed by atoms with Crippen LogP contribution >= 0.6 is 11.3 Å². The maximum Gasteiger partial charge on any atom is 0.0880 e. The highest BCUT2D eigenvalue weighted by molar-refractivity contribution is 7.26. The highest BCUT2D eigenvalue weighted by atomic mass is 32.1. The Morgan fingerprint density at radius 1 is 0.788 bits per heavy atom. The molecule has 3 aromatic carbocycles. The van der Waals surface area contributed by atoms with Crippen molar-refractivity contribution in [1.82, 2.24) is 4.98 Å². The van der Waals surface area contributed by atoms with E-state index in [1.54, 1.807) is 0 Å². The normalized spacial score (nSPS) is 12.8. The summed E-state index contributed by atoms with van der Waals surface area (Å²) < 4.78 is 2.67. The third-order valence-electron chi connectivity index (χ3n) is 6.90. The largest absolute Gasteiger partial charge is 0.255 e. The molecule has 0 aliphatic heterocycles. The number of pyridine rings is 1. The summed E-state index contributed by atoms with van der Waals surface area (Å²) in [5.74, 6) is 0. The molecule has 0 bridgehead atoms. The fourth-order valence-electron chi connectivity index (χ4n) is 4.77. The summed E-state index contributed by atoms with van der Waals surface area (Å²) >= 11 is 1.90. The SMILES string of the molecule is Cc1cc2cc(-c3nccc4c3sc3cc([Si](C)(C)C)ccc34)cc(C(C)(C)C)c2cc1C. The summed E-state index contributed by atoms with van der Waals surface area (Å²) in [5.41, 5.74) is 6.46. The van der Waals surface area contributed by atoms with E-state index >= 15 is 0 Å². The predicted molar refractivity (Wildman–Crippen MR) is 151 cm³/mol. The zero-order valence-corrected chi connectivity index (χ0v) is 22.9. The highest BCUT2D eigenvalue weighted by Crippen LogP contribution is 2.41. The van der Waals surface area contributed by atoms with Gasteiger partial charge in [-0.2, -0.15) is 0 Å². The van der Waals surface area contributed by atoms with Crippen LogP contribution < -0.4 is 5.19 Å². The molecule has 2 aromatic heterocycles. The monoisotopic (exact) mass is 467 g/mol. The molecule has 1 nitrogen and oxygen atoms in total. The first-order chi connectivity index (χ1) is 15.4. The van der Waals surface area contributed by atoms with E-state index in [-0.39, 0.29) is 5.41 Å². The van der Waals surface area contributed by atoms with Crippen LogP contribution in [-0.4, -0.2) is 13.1 Å². The number of benzene rings is 3. The number of aromatic nitrogens is 1. The maximum atomic E-state index is 4.93. The van der Waals surface area contributed by atoms with Crippen molar-refractivity contribution in [2.24, 2.45) is 0 Å². The summed E-state index contributed by atoms with van der Waals surface area (Å²) in [6.07, 6.45) is 1.98. The first-order valence-corrected chi connectivity index (χ1v) is 16.1. The third-order valence-corrected chi connectivity index (χ3v) is 10.1. The quantitative estimate of drug-likeness (QED) is 0.236. The molecule has 0 unspecified atom stereocenters. The van der Waals surface area contributed by atoms with Gasteiger partial charge in [0.05, 0.1) is 18.5 Å². The van der Waals surface area contributed by atoms with Gasteiger partial charge in [0.25, 0.3) is 0 Å². The van der Waals surface area contributed by atoms with Crippen LogP contribution in [0.25, 0.3) is 42.2 Å². The van der Waals surface area contributed by atoms with Crippen LogP contribution in [0.5, 0.6) is 0 Å². The fourth-order valence-corrected chi connectivity index (χ4v) is 7.28. The Morgan fingerprint density at radius 3 is 2.21 bits per heavy atom. The zero-order valence-electron chi connectivity index (χ0n) is 21.1. The second-order valence-electron chi connectivity index (χ2n) is 11.5. The number of nitrogens with zero attached hydrogens (tertiary/aromatic N) is 1. The number of rotatable bonds is 2. The molecular weight excluding hydrogens is 434 g/mol. The first-order valence-electron chi connectivity index (χ1n) is 11.8. The van der Waals surface area contributed by atoms with E-state index in [9.17, 15) is 0 Å². The van der Waals surface area contributed by atoms with E-state index in [1.807, 2.05) is 17.5 Å². The second kappa shape index (κ2) is 7.51. The van der Waals surface area contributed by atoms with Crippen LogP contribution in [0, 0.1) is 13.8 Å². The van der Waals surface area contributed by atoms with Crippen LogP contribution in [0.1, 0.15) is 37.5 Å². The number of thiophene rings is 1. The Hall–Kier alpha value is -2.49. The molecule has 0 fully saturated rings. The van der Waals surface area contributed by atoms with Crippen molar-refractivity contribution in [3.8, 4) is 11.3 Å². The minimum Gasteiger partial charge on any atom is -0.255 e. The average molecular weight is 468 g/mol.